The minimum absolute atomic E-state index is 0.180. The highest BCUT2D eigenvalue weighted by Gasteiger charge is 2.05. The van der Waals surface area contributed by atoms with Crippen LogP contribution in [0.1, 0.15) is 6.92 Å². The molecule has 0 aromatic heterocycles. The Balaban J connectivity index is 2.41. The number of nitrogens with one attached hydrogen (secondary N) is 1. The Kier molecular flexibility index (Phi) is 6.32. The van der Waals surface area contributed by atoms with E-state index >= 15 is 0 Å². The maximum absolute atomic E-state index is 9.10. The molecular weight excluding hydrogens is 274 g/mol. The molecule has 0 fully saturated rings. The normalized spacial score (nSPS) is 12.7. The predicted octanol–water partition coefficient (Wildman–Crippen LogP) is 2.51. The van der Waals surface area contributed by atoms with E-state index in [-0.39, 0.29) is 12.6 Å². The lowest BCUT2D eigenvalue weighted by Gasteiger charge is -2.14. The summed E-state index contributed by atoms with van der Waals surface area (Å²) >= 11 is 5.19. The van der Waals surface area contributed by atoms with Gasteiger partial charge in [0.05, 0.1) is 6.61 Å². The molecule has 0 aliphatic heterocycles. The van der Waals surface area contributed by atoms with E-state index in [0.717, 1.165) is 16.8 Å². The third-order valence-electron chi connectivity index (χ3n) is 1.96. The Morgan fingerprint density at radius 1 is 1.53 bits per heavy atom. The highest BCUT2D eigenvalue weighted by molar-refractivity contribution is 9.10. The van der Waals surface area contributed by atoms with Crippen LogP contribution in [0.5, 0.6) is 0 Å². The van der Waals surface area contributed by atoms with Crippen molar-refractivity contribution in [2.24, 2.45) is 0 Å². The van der Waals surface area contributed by atoms with Crippen LogP contribution in [0.25, 0.3) is 0 Å². The first-order chi connectivity index (χ1) is 7.26. The van der Waals surface area contributed by atoms with E-state index in [1.165, 1.54) is 4.90 Å². The van der Waals surface area contributed by atoms with Crippen LogP contribution in [-0.4, -0.2) is 30.1 Å². The van der Waals surface area contributed by atoms with Crippen molar-refractivity contribution in [3.63, 3.8) is 0 Å². The van der Waals surface area contributed by atoms with E-state index in [0.29, 0.717) is 0 Å². The first-order valence-corrected chi connectivity index (χ1v) is 6.76. The Morgan fingerprint density at radius 3 is 2.93 bits per heavy atom. The van der Waals surface area contributed by atoms with Crippen LogP contribution < -0.4 is 5.32 Å². The van der Waals surface area contributed by atoms with Crippen LogP contribution in [-0.2, 0) is 0 Å². The van der Waals surface area contributed by atoms with Gasteiger partial charge in [0, 0.05) is 21.2 Å². The molecule has 1 aromatic rings. The maximum atomic E-state index is 9.10. The minimum Gasteiger partial charge on any atom is -0.395 e. The molecular formula is C11H16BrNOS. The number of aliphatic hydroxyl groups is 1. The number of benzene rings is 1. The molecule has 0 aliphatic carbocycles. The molecule has 0 amide bonds. The summed E-state index contributed by atoms with van der Waals surface area (Å²) in [6.45, 7) is 3.13. The Labute approximate surface area is 104 Å². The molecule has 0 heterocycles. The Bertz CT molecular complexity index is 296. The van der Waals surface area contributed by atoms with E-state index in [9.17, 15) is 0 Å². The van der Waals surface area contributed by atoms with Gasteiger partial charge in [-0.1, -0.05) is 28.9 Å². The molecule has 0 spiro atoms. The van der Waals surface area contributed by atoms with Crippen molar-refractivity contribution in [3.8, 4) is 0 Å². The second-order valence-corrected chi connectivity index (χ2v) is 5.21. The summed E-state index contributed by atoms with van der Waals surface area (Å²) < 4.78 is 1.09. The summed E-state index contributed by atoms with van der Waals surface area (Å²) in [5, 5.41) is 12.3. The summed E-state index contributed by atoms with van der Waals surface area (Å²) in [6, 6.07) is 8.38. The zero-order chi connectivity index (χ0) is 11.1. The zero-order valence-electron chi connectivity index (χ0n) is 8.74. The fraction of sp³-hybridized carbons (Fsp3) is 0.455. The molecule has 2 N–H and O–H groups in total. The van der Waals surface area contributed by atoms with Crippen molar-refractivity contribution in [1.82, 2.24) is 5.32 Å². The summed E-state index contributed by atoms with van der Waals surface area (Å²) in [5.74, 6) is 0.890. The summed E-state index contributed by atoms with van der Waals surface area (Å²) in [5.41, 5.74) is 0. The SMILES string of the molecule is CCNC(CO)CSc1cccc(Br)c1. The fourth-order valence-electron chi connectivity index (χ4n) is 1.22. The van der Waals surface area contributed by atoms with E-state index in [4.69, 9.17) is 5.11 Å². The maximum Gasteiger partial charge on any atom is 0.0592 e. The van der Waals surface area contributed by atoms with Gasteiger partial charge in [-0.15, -0.1) is 11.8 Å². The standard InChI is InChI=1S/C11H16BrNOS/c1-2-13-10(7-14)8-15-11-5-3-4-9(12)6-11/h3-6,10,13-14H,2,7-8H2,1H3. The van der Waals surface area contributed by atoms with Crippen molar-refractivity contribution >= 4 is 27.7 Å². The zero-order valence-corrected chi connectivity index (χ0v) is 11.1. The van der Waals surface area contributed by atoms with Crippen molar-refractivity contribution < 1.29 is 5.11 Å². The molecule has 1 rings (SSSR count). The van der Waals surface area contributed by atoms with Gasteiger partial charge in [0.25, 0.3) is 0 Å². The average molecular weight is 290 g/mol. The molecule has 0 bridgehead atoms. The van der Waals surface area contributed by atoms with Crippen LogP contribution in [0.3, 0.4) is 0 Å². The molecule has 1 aromatic carbocycles. The lowest BCUT2D eigenvalue weighted by molar-refractivity contribution is 0.255. The van der Waals surface area contributed by atoms with Crippen molar-refractivity contribution in [3.05, 3.63) is 28.7 Å². The van der Waals surface area contributed by atoms with Gasteiger partial charge in [0.1, 0.15) is 0 Å². The number of halogens is 1. The fourth-order valence-corrected chi connectivity index (χ4v) is 2.77. The molecule has 1 unspecified atom stereocenters. The molecule has 0 aliphatic rings. The first-order valence-electron chi connectivity index (χ1n) is 4.99. The lowest BCUT2D eigenvalue weighted by atomic mass is 10.3. The van der Waals surface area contributed by atoms with E-state index in [1.54, 1.807) is 11.8 Å². The highest BCUT2D eigenvalue weighted by Crippen LogP contribution is 2.22. The average Bonchev–Trinajstić information content (AvgIpc) is 2.24. The third-order valence-corrected chi connectivity index (χ3v) is 3.61. The van der Waals surface area contributed by atoms with Crippen LogP contribution in [0.15, 0.2) is 33.6 Å². The molecule has 0 saturated carbocycles. The van der Waals surface area contributed by atoms with Crippen molar-refractivity contribution in [2.75, 3.05) is 18.9 Å². The molecule has 0 saturated heterocycles. The predicted molar refractivity (Wildman–Crippen MR) is 69.4 cm³/mol. The van der Waals surface area contributed by atoms with Crippen molar-refractivity contribution in [1.29, 1.82) is 0 Å². The molecule has 84 valence electrons. The van der Waals surface area contributed by atoms with E-state index in [1.807, 2.05) is 19.1 Å². The number of aliphatic hydroxyl groups excluding tert-OH is 1. The number of rotatable bonds is 6. The minimum atomic E-state index is 0.180. The smallest absolute Gasteiger partial charge is 0.0592 e. The van der Waals surface area contributed by atoms with Gasteiger partial charge in [-0.25, -0.2) is 0 Å². The second kappa shape index (κ2) is 7.28. The highest BCUT2D eigenvalue weighted by atomic mass is 79.9. The van der Waals surface area contributed by atoms with Crippen LogP contribution in [0.4, 0.5) is 0 Å². The topological polar surface area (TPSA) is 32.3 Å². The molecule has 15 heavy (non-hydrogen) atoms. The van der Waals surface area contributed by atoms with Gasteiger partial charge in [-0.05, 0) is 24.7 Å². The molecule has 0 radical (unpaired) electrons. The summed E-state index contributed by atoms with van der Waals surface area (Å²) in [7, 11) is 0. The third kappa shape index (κ3) is 5.02. The number of likely N-dealkylation sites (N-methyl/N-ethyl adjacent to an activating group) is 1. The van der Waals surface area contributed by atoms with Crippen molar-refractivity contribution in [2.45, 2.75) is 17.9 Å². The number of hydrogen-bond donors (Lipinski definition) is 2. The van der Waals surface area contributed by atoms with Gasteiger partial charge in [-0.3, -0.25) is 0 Å². The summed E-state index contributed by atoms with van der Waals surface area (Å²) in [4.78, 5) is 1.22. The van der Waals surface area contributed by atoms with Gasteiger partial charge < -0.3 is 10.4 Å². The monoisotopic (exact) mass is 289 g/mol. The molecule has 2 nitrogen and oxygen atoms in total. The quantitative estimate of drug-likeness (QED) is 0.790. The summed E-state index contributed by atoms with van der Waals surface area (Å²) in [6.07, 6.45) is 0. The number of thioether (sulfide) groups is 1. The largest absolute Gasteiger partial charge is 0.395 e. The Morgan fingerprint density at radius 2 is 2.33 bits per heavy atom. The first kappa shape index (κ1) is 13.0. The van der Waals surface area contributed by atoms with Gasteiger partial charge in [0.15, 0.2) is 0 Å². The lowest BCUT2D eigenvalue weighted by Crippen LogP contribution is -2.34. The van der Waals surface area contributed by atoms with Crippen LogP contribution in [0, 0.1) is 0 Å². The number of hydrogen-bond acceptors (Lipinski definition) is 3. The second-order valence-electron chi connectivity index (χ2n) is 3.21. The molecule has 1 atom stereocenters. The molecule has 4 heteroatoms. The Hall–Kier alpha value is -0.0300. The van der Waals surface area contributed by atoms with E-state index in [2.05, 4.69) is 33.4 Å². The van der Waals surface area contributed by atoms with Gasteiger partial charge in [-0.2, -0.15) is 0 Å². The van der Waals surface area contributed by atoms with Gasteiger partial charge in [0.2, 0.25) is 0 Å². The van der Waals surface area contributed by atoms with E-state index < -0.39 is 0 Å². The van der Waals surface area contributed by atoms with Gasteiger partial charge >= 0.3 is 0 Å². The van der Waals surface area contributed by atoms with Crippen LogP contribution in [0.2, 0.25) is 0 Å². The van der Waals surface area contributed by atoms with Crippen LogP contribution >= 0.6 is 27.7 Å².